The van der Waals surface area contributed by atoms with Gasteiger partial charge in [-0.2, -0.15) is 4.68 Å². The molecule has 2 N–H and O–H groups in total. The Balaban J connectivity index is 1.95. The number of aliphatic carboxylic acids is 1. The summed E-state index contributed by atoms with van der Waals surface area (Å²) in [4.78, 5) is 11.8. The number of nitrogens with one attached hydrogen (secondary N) is 1. The number of tetrazole rings is 1. The number of allylic oxidation sites excluding steroid dienone is 1. The fourth-order valence-corrected chi connectivity index (χ4v) is 2.89. The number of carboxylic acid groups (broad SMARTS) is 1. The Morgan fingerprint density at radius 1 is 1.39 bits per heavy atom. The molecule has 0 radical (unpaired) electrons. The molecule has 2 aliphatic heterocycles. The molecule has 118 valence electrons. The number of carboxylic acids is 1. The van der Waals surface area contributed by atoms with Gasteiger partial charge in [0.1, 0.15) is 19.3 Å². The van der Waals surface area contributed by atoms with E-state index in [0.717, 1.165) is 0 Å². The van der Waals surface area contributed by atoms with Crippen molar-refractivity contribution < 1.29 is 19.4 Å². The second kappa shape index (κ2) is 4.97. The van der Waals surface area contributed by atoms with Gasteiger partial charge in [0.2, 0.25) is 5.95 Å². The van der Waals surface area contributed by atoms with Crippen LogP contribution in [0.1, 0.15) is 18.5 Å². The molecule has 2 aromatic rings. The zero-order valence-electron chi connectivity index (χ0n) is 12.2. The van der Waals surface area contributed by atoms with E-state index in [-0.39, 0.29) is 5.57 Å². The Bertz CT molecular complexity index is 828. The normalized spacial score (nSPS) is 19.1. The van der Waals surface area contributed by atoms with Crippen LogP contribution in [0.5, 0.6) is 11.5 Å². The smallest absolute Gasteiger partial charge is 0.335 e. The number of anilines is 1. The van der Waals surface area contributed by atoms with Crippen LogP contribution >= 0.6 is 0 Å². The highest BCUT2D eigenvalue weighted by Crippen LogP contribution is 2.43. The van der Waals surface area contributed by atoms with Gasteiger partial charge < -0.3 is 19.9 Å². The molecule has 9 nitrogen and oxygen atoms in total. The van der Waals surface area contributed by atoms with Crippen LogP contribution in [0.25, 0.3) is 0 Å². The van der Waals surface area contributed by atoms with Crippen molar-refractivity contribution >= 4 is 11.9 Å². The van der Waals surface area contributed by atoms with Crippen LogP contribution in [0.2, 0.25) is 0 Å². The number of rotatable bonds is 2. The topological polar surface area (TPSA) is 111 Å². The van der Waals surface area contributed by atoms with Gasteiger partial charge in [0, 0.05) is 11.3 Å². The van der Waals surface area contributed by atoms with Gasteiger partial charge in [0.05, 0.1) is 5.57 Å². The maximum atomic E-state index is 11.8. The fraction of sp³-hybridized carbons (Fsp3) is 0.286. The van der Waals surface area contributed by atoms with Crippen LogP contribution in [-0.2, 0) is 4.79 Å². The molecular weight excluding hydrogens is 302 g/mol. The first-order chi connectivity index (χ1) is 11.2. The third kappa shape index (κ3) is 2.00. The third-order valence-electron chi connectivity index (χ3n) is 3.84. The van der Waals surface area contributed by atoms with Crippen LogP contribution < -0.4 is 14.8 Å². The standard InChI is InChI=1S/C14H13N5O4/c1-7-10(13(20)21)11(19-14(15-7)16-17-18-19)8-3-2-4-9-12(8)23-6-5-22-9/h2-4,11H,5-6H2,1H3,(H,20,21)(H,15,16,18). The maximum Gasteiger partial charge on any atom is 0.335 e. The fourth-order valence-electron chi connectivity index (χ4n) is 2.89. The summed E-state index contributed by atoms with van der Waals surface area (Å²) in [6.07, 6.45) is 0. The number of aromatic nitrogens is 4. The number of hydrogen-bond donors (Lipinski definition) is 2. The number of fused-ring (bicyclic) bond motifs is 2. The first-order valence-electron chi connectivity index (χ1n) is 7.04. The van der Waals surface area contributed by atoms with Crippen molar-refractivity contribution in [2.75, 3.05) is 18.5 Å². The molecule has 23 heavy (non-hydrogen) atoms. The molecule has 2 aliphatic rings. The molecule has 9 heteroatoms. The molecule has 0 aliphatic carbocycles. The Morgan fingerprint density at radius 2 is 2.22 bits per heavy atom. The number of hydrogen-bond acceptors (Lipinski definition) is 7. The summed E-state index contributed by atoms with van der Waals surface area (Å²) in [7, 11) is 0. The van der Waals surface area contributed by atoms with Crippen LogP contribution in [0.3, 0.4) is 0 Å². The van der Waals surface area contributed by atoms with Gasteiger partial charge in [0.25, 0.3) is 0 Å². The maximum absolute atomic E-state index is 11.8. The molecular formula is C14H13N5O4. The molecule has 1 aromatic heterocycles. The average Bonchev–Trinajstić information content (AvgIpc) is 3.00. The lowest BCUT2D eigenvalue weighted by Gasteiger charge is -2.29. The summed E-state index contributed by atoms with van der Waals surface area (Å²) >= 11 is 0. The Labute approximate surface area is 130 Å². The quantitative estimate of drug-likeness (QED) is 0.837. The van der Waals surface area contributed by atoms with Crippen molar-refractivity contribution in [2.24, 2.45) is 0 Å². The molecule has 3 heterocycles. The molecule has 0 bridgehead atoms. The summed E-state index contributed by atoms with van der Waals surface area (Å²) < 4.78 is 12.7. The van der Waals surface area contributed by atoms with Gasteiger partial charge in [-0.3, -0.25) is 0 Å². The van der Waals surface area contributed by atoms with Crippen LogP contribution in [0.4, 0.5) is 5.95 Å². The van der Waals surface area contributed by atoms with Crippen LogP contribution in [0.15, 0.2) is 29.5 Å². The van der Waals surface area contributed by atoms with Gasteiger partial charge in [0.15, 0.2) is 11.5 Å². The summed E-state index contributed by atoms with van der Waals surface area (Å²) in [5.74, 6) is 0.449. The summed E-state index contributed by atoms with van der Waals surface area (Å²) in [6, 6.07) is 4.68. The largest absolute Gasteiger partial charge is 0.486 e. The predicted molar refractivity (Wildman–Crippen MR) is 77.3 cm³/mol. The predicted octanol–water partition coefficient (Wildman–Crippen LogP) is 0.818. The van der Waals surface area contributed by atoms with E-state index >= 15 is 0 Å². The minimum absolute atomic E-state index is 0.160. The number of ether oxygens (including phenoxy) is 2. The SMILES string of the molecule is CC1=C(C(=O)O)C(c2cccc3c2OCCO3)n2nnnc2N1. The lowest BCUT2D eigenvalue weighted by Crippen LogP contribution is -2.29. The summed E-state index contributed by atoms with van der Waals surface area (Å²) in [5, 5.41) is 24.0. The monoisotopic (exact) mass is 315 g/mol. The number of para-hydroxylation sites is 1. The molecule has 0 spiro atoms. The van der Waals surface area contributed by atoms with Crippen molar-refractivity contribution in [3.05, 3.63) is 35.0 Å². The van der Waals surface area contributed by atoms with Crippen molar-refractivity contribution in [3.63, 3.8) is 0 Å². The van der Waals surface area contributed by atoms with Crippen molar-refractivity contribution in [3.8, 4) is 11.5 Å². The van der Waals surface area contributed by atoms with Crippen molar-refractivity contribution in [1.29, 1.82) is 0 Å². The van der Waals surface area contributed by atoms with Gasteiger partial charge in [-0.15, -0.1) is 0 Å². The average molecular weight is 315 g/mol. The molecule has 0 amide bonds. The van der Waals surface area contributed by atoms with E-state index < -0.39 is 12.0 Å². The van der Waals surface area contributed by atoms with E-state index in [9.17, 15) is 9.90 Å². The number of benzene rings is 1. The van der Waals surface area contributed by atoms with E-state index in [1.54, 1.807) is 25.1 Å². The molecule has 0 fully saturated rings. The van der Waals surface area contributed by atoms with Crippen molar-refractivity contribution in [1.82, 2.24) is 20.2 Å². The first kappa shape index (κ1) is 13.6. The molecule has 0 saturated heterocycles. The summed E-state index contributed by atoms with van der Waals surface area (Å²) in [5.41, 5.74) is 1.29. The van der Waals surface area contributed by atoms with Gasteiger partial charge in [-0.05, 0) is 23.4 Å². The highest BCUT2D eigenvalue weighted by molar-refractivity contribution is 5.91. The highest BCUT2D eigenvalue weighted by atomic mass is 16.6. The number of nitrogens with zero attached hydrogens (tertiary/aromatic N) is 4. The summed E-state index contributed by atoms with van der Waals surface area (Å²) in [6.45, 7) is 2.55. The minimum Gasteiger partial charge on any atom is -0.486 e. The van der Waals surface area contributed by atoms with Crippen molar-refractivity contribution in [2.45, 2.75) is 13.0 Å². The van der Waals surface area contributed by atoms with E-state index in [2.05, 4.69) is 20.8 Å². The minimum atomic E-state index is -1.05. The zero-order chi connectivity index (χ0) is 16.0. The second-order valence-electron chi connectivity index (χ2n) is 5.19. The van der Waals surface area contributed by atoms with Crippen LogP contribution in [0, 0.1) is 0 Å². The highest BCUT2D eigenvalue weighted by Gasteiger charge is 2.36. The lowest BCUT2D eigenvalue weighted by molar-refractivity contribution is -0.133. The molecule has 0 saturated carbocycles. The van der Waals surface area contributed by atoms with E-state index in [4.69, 9.17) is 9.47 Å². The molecule has 1 unspecified atom stereocenters. The first-order valence-corrected chi connectivity index (χ1v) is 7.04. The van der Waals surface area contributed by atoms with E-state index in [1.807, 2.05) is 0 Å². The Kier molecular flexibility index (Phi) is 2.93. The third-order valence-corrected chi connectivity index (χ3v) is 3.84. The van der Waals surface area contributed by atoms with Crippen LogP contribution in [-0.4, -0.2) is 44.5 Å². The number of carbonyl (C=O) groups is 1. The van der Waals surface area contributed by atoms with Gasteiger partial charge in [-0.25, -0.2) is 4.79 Å². The zero-order valence-corrected chi connectivity index (χ0v) is 12.2. The molecule has 4 rings (SSSR count). The van der Waals surface area contributed by atoms with Gasteiger partial charge in [-0.1, -0.05) is 17.2 Å². The van der Waals surface area contributed by atoms with Gasteiger partial charge >= 0.3 is 5.97 Å². The Morgan fingerprint density at radius 3 is 3.04 bits per heavy atom. The Hall–Kier alpha value is -3.10. The molecule has 1 atom stereocenters. The molecule has 1 aromatic carbocycles. The lowest BCUT2D eigenvalue weighted by atomic mass is 9.94. The van der Waals surface area contributed by atoms with E-state index in [0.29, 0.717) is 41.9 Å². The second-order valence-corrected chi connectivity index (χ2v) is 5.19. The van der Waals surface area contributed by atoms with E-state index in [1.165, 1.54) is 4.68 Å².